The van der Waals surface area contributed by atoms with E-state index in [0.717, 1.165) is 28.3 Å². The normalized spacial score (nSPS) is 10.8. The maximum atomic E-state index is 12.4. The summed E-state index contributed by atoms with van der Waals surface area (Å²) in [5.74, 6) is 1.51. The molecule has 0 saturated heterocycles. The molecule has 0 unspecified atom stereocenters. The predicted octanol–water partition coefficient (Wildman–Crippen LogP) is 3.61. The molecule has 3 aromatic rings. The van der Waals surface area contributed by atoms with Gasteiger partial charge in [0.1, 0.15) is 18.1 Å². The summed E-state index contributed by atoms with van der Waals surface area (Å²) < 4.78 is 7.06. The first-order valence-electron chi connectivity index (χ1n) is 7.86. The summed E-state index contributed by atoms with van der Waals surface area (Å²) in [6.07, 6.45) is 0. The molecule has 0 saturated carbocycles. The van der Waals surface area contributed by atoms with Crippen molar-refractivity contribution in [1.82, 2.24) is 9.55 Å². The number of hydrogen-bond acceptors (Lipinski definition) is 3. The lowest BCUT2D eigenvalue weighted by Crippen LogP contribution is -2.19. The zero-order chi connectivity index (χ0) is 17.3. The Kier molecular flexibility index (Phi) is 4.25. The van der Waals surface area contributed by atoms with Gasteiger partial charge in [-0.3, -0.25) is 4.79 Å². The van der Waals surface area contributed by atoms with E-state index in [1.54, 1.807) is 7.11 Å². The smallest absolute Gasteiger partial charge is 0.244 e. The Morgan fingerprint density at radius 1 is 1.12 bits per heavy atom. The third-order valence-electron chi connectivity index (χ3n) is 4.23. The van der Waals surface area contributed by atoms with Crippen LogP contribution in [0.25, 0.3) is 11.0 Å². The molecule has 1 heterocycles. The second-order valence-electron chi connectivity index (χ2n) is 5.95. The molecule has 0 aliphatic carbocycles. The fraction of sp³-hybridized carbons (Fsp3) is 0.263. The highest BCUT2D eigenvalue weighted by Gasteiger charge is 2.12. The van der Waals surface area contributed by atoms with E-state index in [4.69, 9.17) is 4.74 Å². The van der Waals surface area contributed by atoms with Crippen LogP contribution in [0, 0.1) is 20.8 Å². The van der Waals surface area contributed by atoms with Crippen molar-refractivity contribution < 1.29 is 9.53 Å². The number of carbonyl (C=O) groups is 1. The molecule has 0 spiro atoms. The highest BCUT2D eigenvalue weighted by molar-refractivity contribution is 5.92. The molecule has 5 nitrogen and oxygen atoms in total. The molecule has 0 aliphatic rings. The van der Waals surface area contributed by atoms with Crippen molar-refractivity contribution >= 4 is 22.6 Å². The van der Waals surface area contributed by atoms with E-state index < -0.39 is 0 Å². The lowest BCUT2D eigenvalue weighted by molar-refractivity contribution is -0.116. The van der Waals surface area contributed by atoms with Crippen LogP contribution >= 0.6 is 0 Å². The summed E-state index contributed by atoms with van der Waals surface area (Å²) in [5.41, 5.74) is 5.05. The predicted molar refractivity (Wildman–Crippen MR) is 95.6 cm³/mol. The van der Waals surface area contributed by atoms with Crippen LogP contribution in [0.3, 0.4) is 0 Å². The molecule has 5 heteroatoms. The number of anilines is 1. The van der Waals surface area contributed by atoms with Crippen LogP contribution < -0.4 is 10.1 Å². The molecule has 124 valence electrons. The molecule has 24 heavy (non-hydrogen) atoms. The van der Waals surface area contributed by atoms with E-state index in [2.05, 4.69) is 36.3 Å². The van der Waals surface area contributed by atoms with Gasteiger partial charge in [0.2, 0.25) is 5.91 Å². The molecule has 0 aliphatic heterocycles. The number of nitrogens with one attached hydrogen (secondary N) is 1. The van der Waals surface area contributed by atoms with Crippen molar-refractivity contribution in [2.75, 3.05) is 12.4 Å². The van der Waals surface area contributed by atoms with Crippen LogP contribution in [0.15, 0.2) is 36.4 Å². The molecule has 0 radical (unpaired) electrons. The number of benzene rings is 2. The fourth-order valence-corrected chi connectivity index (χ4v) is 2.72. The van der Waals surface area contributed by atoms with Gasteiger partial charge in [0.05, 0.1) is 18.1 Å². The number of hydrogen-bond donors (Lipinski definition) is 1. The molecule has 0 fully saturated rings. The van der Waals surface area contributed by atoms with Crippen molar-refractivity contribution in [3.8, 4) is 5.75 Å². The number of carbonyl (C=O) groups excluding carboxylic acids is 1. The van der Waals surface area contributed by atoms with Gasteiger partial charge < -0.3 is 14.6 Å². The average Bonchev–Trinajstić information content (AvgIpc) is 2.84. The van der Waals surface area contributed by atoms with E-state index in [9.17, 15) is 4.79 Å². The Balaban J connectivity index is 1.82. The summed E-state index contributed by atoms with van der Waals surface area (Å²) in [5, 5.41) is 2.91. The highest BCUT2D eigenvalue weighted by Crippen LogP contribution is 2.21. The lowest BCUT2D eigenvalue weighted by Gasteiger charge is -2.09. The number of aryl methyl sites for hydroxylation is 3. The molecule has 1 amide bonds. The number of fused-ring (bicyclic) bond motifs is 1. The second kappa shape index (κ2) is 6.35. The molecule has 0 atom stereocenters. The first kappa shape index (κ1) is 16.1. The van der Waals surface area contributed by atoms with Crippen LogP contribution in [0.5, 0.6) is 5.75 Å². The van der Waals surface area contributed by atoms with E-state index in [1.807, 2.05) is 35.8 Å². The summed E-state index contributed by atoms with van der Waals surface area (Å²) in [7, 11) is 1.62. The minimum absolute atomic E-state index is 0.0826. The molecule has 2 aromatic carbocycles. The molecule has 0 bridgehead atoms. The van der Waals surface area contributed by atoms with E-state index in [1.165, 1.54) is 11.1 Å². The maximum Gasteiger partial charge on any atom is 0.244 e. The lowest BCUT2D eigenvalue weighted by atomic mass is 10.1. The van der Waals surface area contributed by atoms with Gasteiger partial charge in [0.25, 0.3) is 0 Å². The minimum Gasteiger partial charge on any atom is -0.497 e. The quantitative estimate of drug-likeness (QED) is 0.798. The summed E-state index contributed by atoms with van der Waals surface area (Å²) in [4.78, 5) is 17.0. The minimum atomic E-state index is -0.0826. The van der Waals surface area contributed by atoms with Crippen LogP contribution in [0.1, 0.15) is 17.0 Å². The van der Waals surface area contributed by atoms with Crippen LogP contribution in [0.4, 0.5) is 5.69 Å². The molecular weight excluding hydrogens is 302 g/mol. The van der Waals surface area contributed by atoms with Gasteiger partial charge in [0, 0.05) is 5.69 Å². The average molecular weight is 323 g/mol. The number of nitrogens with zero attached hydrogens (tertiary/aromatic N) is 2. The Bertz CT molecular complexity index is 895. The van der Waals surface area contributed by atoms with Crippen molar-refractivity contribution in [2.45, 2.75) is 27.3 Å². The molecule has 3 rings (SSSR count). The second-order valence-corrected chi connectivity index (χ2v) is 5.95. The molecular formula is C19H21N3O2. The Morgan fingerprint density at radius 2 is 1.79 bits per heavy atom. The van der Waals surface area contributed by atoms with Gasteiger partial charge in [-0.2, -0.15) is 0 Å². The number of methoxy groups -OCH3 is 1. The maximum absolute atomic E-state index is 12.4. The SMILES string of the molecule is COc1ccc(NC(=O)Cn2c(C)nc3cc(C)c(C)cc32)cc1. The van der Waals surface area contributed by atoms with Crippen LogP contribution in [0.2, 0.25) is 0 Å². The fourth-order valence-electron chi connectivity index (χ4n) is 2.72. The van der Waals surface area contributed by atoms with E-state index in [-0.39, 0.29) is 12.5 Å². The Labute approximate surface area is 141 Å². The first-order chi connectivity index (χ1) is 11.5. The number of amides is 1. The van der Waals surface area contributed by atoms with Gasteiger partial charge in [-0.15, -0.1) is 0 Å². The van der Waals surface area contributed by atoms with Crippen molar-refractivity contribution in [1.29, 1.82) is 0 Å². The number of rotatable bonds is 4. The standard InChI is InChI=1S/C19H21N3O2/c1-12-9-17-18(10-13(12)2)22(14(3)20-17)11-19(23)21-15-5-7-16(24-4)8-6-15/h5-10H,11H2,1-4H3,(H,21,23). The highest BCUT2D eigenvalue weighted by atomic mass is 16.5. The van der Waals surface area contributed by atoms with Crippen molar-refractivity contribution in [3.63, 3.8) is 0 Å². The van der Waals surface area contributed by atoms with Crippen LogP contribution in [-0.4, -0.2) is 22.6 Å². The topological polar surface area (TPSA) is 56.1 Å². The summed E-state index contributed by atoms with van der Waals surface area (Å²) in [6.45, 7) is 6.29. The molecule has 1 N–H and O–H groups in total. The van der Waals surface area contributed by atoms with Gasteiger partial charge in [0.15, 0.2) is 0 Å². The Morgan fingerprint density at radius 3 is 2.46 bits per heavy atom. The number of imidazole rings is 1. The zero-order valence-corrected chi connectivity index (χ0v) is 14.4. The zero-order valence-electron chi connectivity index (χ0n) is 14.4. The van der Waals surface area contributed by atoms with Crippen LogP contribution in [-0.2, 0) is 11.3 Å². The van der Waals surface area contributed by atoms with Crippen molar-refractivity contribution in [2.24, 2.45) is 0 Å². The van der Waals surface area contributed by atoms with E-state index >= 15 is 0 Å². The van der Waals surface area contributed by atoms with Gasteiger partial charge in [-0.05, 0) is 68.3 Å². The van der Waals surface area contributed by atoms with Gasteiger partial charge in [-0.1, -0.05) is 0 Å². The van der Waals surface area contributed by atoms with Crippen molar-refractivity contribution in [3.05, 3.63) is 53.3 Å². The monoisotopic (exact) mass is 323 g/mol. The van der Waals surface area contributed by atoms with Gasteiger partial charge in [-0.25, -0.2) is 4.98 Å². The van der Waals surface area contributed by atoms with Gasteiger partial charge >= 0.3 is 0 Å². The third kappa shape index (κ3) is 3.11. The number of aromatic nitrogens is 2. The summed E-state index contributed by atoms with van der Waals surface area (Å²) >= 11 is 0. The largest absolute Gasteiger partial charge is 0.497 e. The Hall–Kier alpha value is -2.82. The first-order valence-corrected chi connectivity index (χ1v) is 7.86. The van der Waals surface area contributed by atoms with E-state index in [0.29, 0.717) is 0 Å². The summed E-state index contributed by atoms with van der Waals surface area (Å²) in [6, 6.07) is 11.4. The number of ether oxygens (including phenoxy) is 1. The molecule has 1 aromatic heterocycles. The third-order valence-corrected chi connectivity index (χ3v) is 4.23.